The summed E-state index contributed by atoms with van der Waals surface area (Å²) in [4.78, 5) is 0. The second-order valence-electron chi connectivity index (χ2n) is 4.09. The van der Waals surface area contributed by atoms with Gasteiger partial charge in [0.1, 0.15) is 24.0 Å². The van der Waals surface area contributed by atoms with E-state index in [1.54, 1.807) is 12.1 Å². The molecule has 2 aromatic carbocycles. The number of benzene rings is 2. The van der Waals surface area contributed by atoms with E-state index < -0.39 is 5.82 Å². The molecule has 0 unspecified atom stereocenters. The molecule has 94 valence electrons. The fourth-order valence-corrected chi connectivity index (χ4v) is 1.65. The maximum atomic E-state index is 13.1. The van der Waals surface area contributed by atoms with Gasteiger partial charge in [0.25, 0.3) is 0 Å². The molecule has 0 spiro atoms. The molecule has 2 rings (SSSR count). The minimum atomic E-state index is -0.412. The summed E-state index contributed by atoms with van der Waals surface area (Å²) in [6.07, 6.45) is 0. The zero-order valence-corrected chi connectivity index (χ0v) is 9.91. The van der Waals surface area contributed by atoms with Gasteiger partial charge in [0.15, 0.2) is 0 Å². The first kappa shape index (κ1) is 12.4. The van der Waals surface area contributed by atoms with Crippen LogP contribution in [0.2, 0.25) is 0 Å². The van der Waals surface area contributed by atoms with Crippen LogP contribution in [0.4, 0.5) is 14.5 Å². The van der Waals surface area contributed by atoms with Gasteiger partial charge in [-0.25, -0.2) is 8.78 Å². The number of hydrogen-bond acceptors (Lipinski definition) is 2. The van der Waals surface area contributed by atoms with Gasteiger partial charge >= 0.3 is 0 Å². The van der Waals surface area contributed by atoms with Crippen molar-refractivity contribution in [2.45, 2.75) is 13.5 Å². The fraction of sp³-hybridized carbons (Fsp3) is 0.143. The van der Waals surface area contributed by atoms with Crippen LogP contribution in [-0.2, 0) is 6.61 Å². The quantitative estimate of drug-likeness (QED) is 0.846. The number of nitrogens with two attached hydrogens (primary N) is 1. The summed E-state index contributed by atoms with van der Waals surface area (Å²) < 4.78 is 31.6. The van der Waals surface area contributed by atoms with Crippen molar-refractivity contribution in [3.63, 3.8) is 0 Å². The van der Waals surface area contributed by atoms with Gasteiger partial charge in [0, 0.05) is 11.8 Å². The first-order valence-corrected chi connectivity index (χ1v) is 5.48. The van der Waals surface area contributed by atoms with Gasteiger partial charge in [-0.2, -0.15) is 0 Å². The highest BCUT2D eigenvalue weighted by atomic mass is 19.1. The Labute approximate surface area is 104 Å². The van der Waals surface area contributed by atoms with Gasteiger partial charge in [0.05, 0.1) is 0 Å². The van der Waals surface area contributed by atoms with Crippen molar-refractivity contribution < 1.29 is 13.5 Å². The molecule has 0 fully saturated rings. The van der Waals surface area contributed by atoms with E-state index in [-0.39, 0.29) is 12.4 Å². The number of halogens is 2. The highest BCUT2D eigenvalue weighted by molar-refractivity contribution is 5.41. The minimum Gasteiger partial charge on any atom is -0.489 e. The summed E-state index contributed by atoms with van der Waals surface area (Å²) in [5.41, 5.74) is 7.29. The third-order valence-corrected chi connectivity index (χ3v) is 2.52. The third kappa shape index (κ3) is 2.97. The van der Waals surface area contributed by atoms with E-state index in [0.29, 0.717) is 17.0 Å². The molecule has 0 bridgehead atoms. The Kier molecular flexibility index (Phi) is 3.46. The molecular weight excluding hydrogens is 236 g/mol. The highest BCUT2D eigenvalue weighted by Gasteiger charge is 2.04. The largest absolute Gasteiger partial charge is 0.489 e. The molecule has 0 aromatic heterocycles. The van der Waals surface area contributed by atoms with Gasteiger partial charge in [-0.3, -0.25) is 0 Å². The lowest BCUT2D eigenvalue weighted by Gasteiger charge is -2.09. The Morgan fingerprint density at radius 1 is 1.06 bits per heavy atom. The number of hydrogen-bond donors (Lipinski definition) is 1. The zero-order valence-electron chi connectivity index (χ0n) is 9.91. The Balaban J connectivity index is 2.13. The monoisotopic (exact) mass is 249 g/mol. The molecule has 2 nitrogen and oxygen atoms in total. The highest BCUT2D eigenvalue weighted by Crippen LogP contribution is 2.20. The molecule has 0 atom stereocenters. The van der Waals surface area contributed by atoms with Crippen LogP contribution >= 0.6 is 0 Å². The Hall–Kier alpha value is -2.10. The van der Waals surface area contributed by atoms with Crippen molar-refractivity contribution in [1.82, 2.24) is 0 Å². The molecule has 2 N–H and O–H groups in total. The van der Waals surface area contributed by atoms with Crippen molar-refractivity contribution in [3.05, 3.63) is 59.2 Å². The van der Waals surface area contributed by atoms with Crippen molar-refractivity contribution in [1.29, 1.82) is 0 Å². The van der Waals surface area contributed by atoms with Crippen molar-refractivity contribution in [2.75, 3.05) is 5.73 Å². The van der Waals surface area contributed by atoms with E-state index in [4.69, 9.17) is 10.5 Å². The molecule has 0 aliphatic heterocycles. The predicted octanol–water partition coefficient (Wildman–Crippen LogP) is 3.43. The molecule has 0 saturated heterocycles. The summed E-state index contributed by atoms with van der Waals surface area (Å²) in [7, 11) is 0. The van der Waals surface area contributed by atoms with Crippen LogP contribution in [0.5, 0.6) is 5.75 Å². The number of ether oxygens (including phenoxy) is 1. The lowest BCUT2D eigenvalue weighted by atomic mass is 10.2. The molecule has 0 radical (unpaired) electrons. The Morgan fingerprint density at radius 2 is 1.83 bits per heavy atom. The van der Waals surface area contributed by atoms with E-state index in [9.17, 15) is 8.78 Å². The Bertz CT molecular complexity index is 549. The molecule has 2 aromatic rings. The molecule has 18 heavy (non-hydrogen) atoms. The summed E-state index contributed by atoms with van der Waals surface area (Å²) in [5, 5.41) is 0. The van der Waals surface area contributed by atoms with Gasteiger partial charge in [-0.15, -0.1) is 0 Å². The van der Waals surface area contributed by atoms with Crippen LogP contribution in [-0.4, -0.2) is 0 Å². The lowest BCUT2D eigenvalue weighted by molar-refractivity contribution is 0.302. The predicted molar refractivity (Wildman–Crippen MR) is 66.3 cm³/mol. The number of aryl methyl sites for hydroxylation is 1. The molecule has 0 heterocycles. The zero-order chi connectivity index (χ0) is 13.1. The topological polar surface area (TPSA) is 35.2 Å². The van der Waals surface area contributed by atoms with Crippen LogP contribution < -0.4 is 10.5 Å². The summed E-state index contributed by atoms with van der Waals surface area (Å²) >= 11 is 0. The Morgan fingerprint density at radius 3 is 2.56 bits per heavy atom. The van der Waals surface area contributed by atoms with Gasteiger partial charge in [0.2, 0.25) is 0 Å². The SMILES string of the molecule is Cc1ccc(F)cc1OCc1cc(N)cc(F)c1. The van der Waals surface area contributed by atoms with E-state index in [2.05, 4.69) is 0 Å². The second kappa shape index (κ2) is 5.04. The maximum absolute atomic E-state index is 13.1. The molecule has 4 heteroatoms. The van der Waals surface area contributed by atoms with E-state index >= 15 is 0 Å². The second-order valence-corrected chi connectivity index (χ2v) is 4.09. The average Bonchev–Trinajstić information content (AvgIpc) is 2.29. The van der Waals surface area contributed by atoms with Crippen LogP contribution in [0.1, 0.15) is 11.1 Å². The first-order chi connectivity index (χ1) is 8.54. The fourth-order valence-electron chi connectivity index (χ4n) is 1.65. The smallest absolute Gasteiger partial charge is 0.126 e. The maximum Gasteiger partial charge on any atom is 0.126 e. The van der Waals surface area contributed by atoms with Crippen LogP contribution in [0.3, 0.4) is 0 Å². The lowest BCUT2D eigenvalue weighted by Crippen LogP contribution is -1.99. The van der Waals surface area contributed by atoms with Gasteiger partial charge in [-0.1, -0.05) is 6.07 Å². The van der Waals surface area contributed by atoms with Crippen molar-refractivity contribution in [2.24, 2.45) is 0 Å². The summed E-state index contributed by atoms with van der Waals surface area (Å²) in [6.45, 7) is 1.96. The summed E-state index contributed by atoms with van der Waals surface area (Å²) in [6, 6.07) is 8.49. The average molecular weight is 249 g/mol. The van der Waals surface area contributed by atoms with Gasteiger partial charge in [-0.05, 0) is 42.3 Å². The number of anilines is 1. The molecule has 0 saturated carbocycles. The first-order valence-electron chi connectivity index (χ1n) is 5.48. The van der Waals surface area contributed by atoms with Crippen LogP contribution in [0.15, 0.2) is 36.4 Å². The van der Waals surface area contributed by atoms with Gasteiger partial charge < -0.3 is 10.5 Å². The summed E-state index contributed by atoms with van der Waals surface area (Å²) in [5.74, 6) is -0.336. The van der Waals surface area contributed by atoms with Crippen LogP contribution in [0.25, 0.3) is 0 Å². The molecule has 0 aliphatic rings. The number of rotatable bonds is 3. The molecule has 0 amide bonds. The molecule has 0 aliphatic carbocycles. The molecular formula is C14H13F2NO. The minimum absolute atomic E-state index is 0.145. The van der Waals surface area contributed by atoms with Crippen LogP contribution in [0, 0.1) is 18.6 Å². The van der Waals surface area contributed by atoms with Crippen molar-refractivity contribution >= 4 is 5.69 Å². The van der Waals surface area contributed by atoms with E-state index in [1.807, 2.05) is 6.92 Å². The third-order valence-electron chi connectivity index (χ3n) is 2.52. The van der Waals surface area contributed by atoms with E-state index in [1.165, 1.54) is 24.3 Å². The van der Waals surface area contributed by atoms with Crippen molar-refractivity contribution in [3.8, 4) is 5.75 Å². The van der Waals surface area contributed by atoms with E-state index in [0.717, 1.165) is 5.56 Å². The number of nitrogen functional groups attached to an aromatic ring is 1. The normalized spacial score (nSPS) is 10.4. The standard InChI is InChI=1S/C14H13F2NO/c1-9-2-3-11(15)7-14(9)18-8-10-4-12(16)6-13(17)5-10/h2-7H,8,17H2,1H3.